The molecule has 0 amide bonds. The molecule has 2 aromatic carbocycles. The summed E-state index contributed by atoms with van der Waals surface area (Å²) in [5.41, 5.74) is 9.81. The number of ether oxygens (including phenoxy) is 1. The summed E-state index contributed by atoms with van der Waals surface area (Å²) in [5.74, 6) is -0.394. The van der Waals surface area contributed by atoms with Gasteiger partial charge in [0, 0.05) is 24.1 Å². The average Bonchev–Trinajstić information content (AvgIpc) is 2.48. The van der Waals surface area contributed by atoms with Gasteiger partial charge in [0.25, 0.3) is 0 Å². The zero-order valence-electron chi connectivity index (χ0n) is 12.6. The molecule has 0 saturated heterocycles. The van der Waals surface area contributed by atoms with Gasteiger partial charge in [-0.3, -0.25) is 0 Å². The molecule has 0 bridgehead atoms. The molecule has 2 N–H and O–H groups in total. The number of aryl methyl sites for hydroxylation is 1. The van der Waals surface area contributed by atoms with Gasteiger partial charge in [0.15, 0.2) is 0 Å². The Morgan fingerprint density at radius 2 is 1.76 bits per heavy atom. The minimum atomic E-state index is -0.394. The van der Waals surface area contributed by atoms with E-state index in [2.05, 4.69) is 12.1 Å². The fourth-order valence-electron chi connectivity index (χ4n) is 2.06. The number of hydrogen-bond donors (Lipinski definition) is 1. The summed E-state index contributed by atoms with van der Waals surface area (Å²) in [6, 6.07) is 13.5. The average molecular weight is 284 g/mol. The van der Waals surface area contributed by atoms with Gasteiger partial charge in [-0.05, 0) is 44.2 Å². The van der Waals surface area contributed by atoms with Crippen LogP contribution in [0.1, 0.15) is 22.8 Å². The normalized spacial score (nSPS) is 10.2. The Morgan fingerprint density at radius 3 is 2.38 bits per heavy atom. The Hall–Kier alpha value is -2.49. The molecule has 0 heterocycles. The summed E-state index contributed by atoms with van der Waals surface area (Å²) in [5, 5.41) is 0. The number of nitrogen functional groups attached to an aromatic ring is 1. The van der Waals surface area contributed by atoms with Gasteiger partial charge in [0.2, 0.25) is 0 Å². The van der Waals surface area contributed by atoms with Crippen LogP contribution in [-0.2, 0) is 4.74 Å². The lowest BCUT2D eigenvalue weighted by atomic mass is 10.1. The second-order valence-corrected chi connectivity index (χ2v) is 4.89. The van der Waals surface area contributed by atoms with E-state index in [1.54, 1.807) is 19.1 Å². The van der Waals surface area contributed by atoms with Crippen LogP contribution in [0, 0.1) is 6.92 Å². The molecule has 2 rings (SSSR count). The van der Waals surface area contributed by atoms with Crippen molar-refractivity contribution >= 4 is 23.0 Å². The van der Waals surface area contributed by atoms with Gasteiger partial charge in [0.1, 0.15) is 0 Å². The highest BCUT2D eigenvalue weighted by Gasteiger charge is 2.13. The summed E-state index contributed by atoms with van der Waals surface area (Å²) in [6.07, 6.45) is 0. The lowest BCUT2D eigenvalue weighted by Crippen LogP contribution is -2.13. The van der Waals surface area contributed by atoms with Crippen molar-refractivity contribution in [3.63, 3.8) is 0 Å². The standard InChI is InChI=1S/C17H20N2O2/c1-4-21-17(20)15-11-14(9-10-16(15)18)19(3)13-7-5-12(2)6-8-13/h5-11H,4,18H2,1-3H3. The van der Waals surface area contributed by atoms with Crippen molar-refractivity contribution in [2.75, 3.05) is 24.3 Å². The topological polar surface area (TPSA) is 55.6 Å². The van der Waals surface area contributed by atoms with Crippen LogP contribution in [0.2, 0.25) is 0 Å². The molecule has 0 saturated carbocycles. The van der Waals surface area contributed by atoms with Crippen molar-refractivity contribution in [1.29, 1.82) is 0 Å². The highest BCUT2D eigenvalue weighted by atomic mass is 16.5. The van der Waals surface area contributed by atoms with Gasteiger partial charge < -0.3 is 15.4 Å². The first-order valence-electron chi connectivity index (χ1n) is 6.90. The molecule has 110 valence electrons. The first kappa shape index (κ1) is 14.9. The number of benzene rings is 2. The molecule has 0 aliphatic rings. The maximum atomic E-state index is 11.9. The lowest BCUT2D eigenvalue weighted by molar-refractivity contribution is 0.0527. The number of hydrogen-bond acceptors (Lipinski definition) is 4. The van der Waals surface area contributed by atoms with E-state index >= 15 is 0 Å². The first-order valence-corrected chi connectivity index (χ1v) is 6.90. The van der Waals surface area contributed by atoms with Gasteiger partial charge in [-0.2, -0.15) is 0 Å². The summed E-state index contributed by atoms with van der Waals surface area (Å²) in [6.45, 7) is 4.15. The van der Waals surface area contributed by atoms with Crippen molar-refractivity contribution in [2.24, 2.45) is 0 Å². The maximum absolute atomic E-state index is 11.9. The van der Waals surface area contributed by atoms with E-state index in [4.69, 9.17) is 10.5 Å². The van der Waals surface area contributed by atoms with Crippen molar-refractivity contribution in [1.82, 2.24) is 0 Å². The van der Waals surface area contributed by atoms with E-state index in [9.17, 15) is 4.79 Å². The van der Waals surface area contributed by atoms with E-state index in [0.29, 0.717) is 17.9 Å². The van der Waals surface area contributed by atoms with Crippen LogP contribution in [-0.4, -0.2) is 19.6 Å². The minimum absolute atomic E-state index is 0.330. The van der Waals surface area contributed by atoms with Gasteiger partial charge >= 0.3 is 5.97 Å². The third-order valence-electron chi connectivity index (χ3n) is 3.34. The predicted octanol–water partition coefficient (Wildman–Crippen LogP) is 3.52. The number of carbonyl (C=O) groups excluding carboxylic acids is 1. The van der Waals surface area contributed by atoms with Crippen LogP contribution in [0.25, 0.3) is 0 Å². The summed E-state index contributed by atoms with van der Waals surface area (Å²) < 4.78 is 5.03. The zero-order valence-corrected chi connectivity index (χ0v) is 12.6. The second kappa shape index (κ2) is 6.31. The second-order valence-electron chi connectivity index (χ2n) is 4.89. The highest BCUT2D eigenvalue weighted by Crippen LogP contribution is 2.27. The van der Waals surface area contributed by atoms with Crippen molar-refractivity contribution in [2.45, 2.75) is 13.8 Å². The summed E-state index contributed by atoms with van der Waals surface area (Å²) in [4.78, 5) is 13.9. The molecule has 2 aromatic rings. The molecule has 0 aliphatic heterocycles. The summed E-state index contributed by atoms with van der Waals surface area (Å²) >= 11 is 0. The largest absolute Gasteiger partial charge is 0.462 e. The molecule has 0 atom stereocenters. The van der Waals surface area contributed by atoms with Gasteiger partial charge in [-0.25, -0.2) is 4.79 Å². The number of anilines is 3. The zero-order chi connectivity index (χ0) is 15.4. The van der Waals surface area contributed by atoms with Crippen molar-refractivity contribution < 1.29 is 9.53 Å². The van der Waals surface area contributed by atoms with Crippen LogP contribution >= 0.6 is 0 Å². The fraction of sp³-hybridized carbons (Fsp3) is 0.235. The van der Waals surface area contributed by atoms with Crippen LogP contribution in [0.3, 0.4) is 0 Å². The number of nitrogens with zero attached hydrogens (tertiary/aromatic N) is 1. The third-order valence-corrected chi connectivity index (χ3v) is 3.34. The number of rotatable bonds is 4. The maximum Gasteiger partial charge on any atom is 0.340 e. The van der Waals surface area contributed by atoms with Crippen LogP contribution < -0.4 is 10.6 Å². The Kier molecular flexibility index (Phi) is 4.48. The van der Waals surface area contributed by atoms with Gasteiger partial charge in [-0.1, -0.05) is 17.7 Å². The minimum Gasteiger partial charge on any atom is -0.462 e. The highest BCUT2D eigenvalue weighted by molar-refractivity contribution is 5.96. The van der Waals surface area contributed by atoms with Crippen molar-refractivity contribution in [3.8, 4) is 0 Å². The molecule has 0 aromatic heterocycles. The van der Waals surface area contributed by atoms with Crippen LogP contribution in [0.4, 0.5) is 17.1 Å². The molecule has 4 heteroatoms. The Labute approximate surface area is 125 Å². The molecular formula is C17H20N2O2. The Morgan fingerprint density at radius 1 is 1.14 bits per heavy atom. The third kappa shape index (κ3) is 3.34. The Bertz CT molecular complexity index is 636. The number of nitrogens with two attached hydrogens (primary N) is 1. The number of esters is 1. The lowest BCUT2D eigenvalue weighted by Gasteiger charge is -2.20. The van der Waals surface area contributed by atoms with Crippen LogP contribution in [0.5, 0.6) is 0 Å². The SMILES string of the molecule is CCOC(=O)c1cc(N(C)c2ccc(C)cc2)ccc1N. The molecule has 0 aliphatic carbocycles. The van der Waals surface area contributed by atoms with E-state index in [1.807, 2.05) is 37.1 Å². The monoisotopic (exact) mass is 284 g/mol. The molecule has 4 nitrogen and oxygen atoms in total. The smallest absolute Gasteiger partial charge is 0.340 e. The number of carbonyl (C=O) groups is 1. The Balaban J connectivity index is 2.33. The van der Waals surface area contributed by atoms with Crippen molar-refractivity contribution in [3.05, 3.63) is 53.6 Å². The van der Waals surface area contributed by atoms with E-state index < -0.39 is 5.97 Å². The van der Waals surface area contributed by atoms with Crippen LogP contribution in [0.15, 0.2) is 42.5 Å². The fourth-order valence-corrected chi connectivity index (χ4v) is 2.06. The first-order chi connectivity index (χ1) is 10.0. The molecular weight excluding hydrogens is 264 g/mol. The van der Waals surface area contributed by atoms with Gasteiger partial charge in [-0.15, -0.1) is 0 Å². The molecule has 0 unspecified atom stereocenters. The van der Waals surface area contributed by atoms with E-state index in [-0.39, 0.29) is 0 Å². The molecule has 0 radical (unpaired) electrons. The molecule has 0 fully saturated rings. The molecule has 21 heavy (non-hydrogen) atoms. The molecule has 0 spiro atoms. The van der Waals surface area contributed by atoms with E-state index in [0.717, 1.165) is 11.4 Å². The summed E-state index contributed by atoms with van der Waals surface area (Å²) in [7, 11) is 1.95. The predicted molar refractivity (Wildman–Crippen MR) is 86.1 cm³/mol. The van der Waals surface area contributed by atoms with E-state index in [1.165, 1.54) is 5.56 Å². The quantitative estimate of drug-likeness (QED) is 0.689. The van der Waals surface area contributed by atoms with Gasteiger partial charge in [0.05, 0.1) is 12.2 Å².